The van der Waals surface area contributed by atoms with E-state index in [4.69, 9.17) is 4.74 Å². The lowest BCUT2D eigenvalue weighted by molar-refractivity contribution is -0.385. The Kier molecular flexibility index (Phi) is 3.75. The van der Waals surface area contributed by atoms with Crippen LogP contribution in [-0.4, -0.2) is 20.5 Å². The molecular weight excluding hydrogens is 274 g/mol. The number of ether oxygens (including phenoxy) is 1. The summed E-state index contributed by atoms with van der Waals surface area (Å²) in [5, 5.41) is 15.4. The summed E-state index contributed by atoms with van der Waals surface area (Å²) in [6, 6.07) is 4.16. The van der Waals surface area contributed by atoms with Gasteiger partial charge in [-0.15, -0.1) is 0 Å². The molecule has 0 saturated carbocycles. The highest BCUT2D eigenvalue weighted by atomic mass is 16.6. The number of nitro benzene ring substituents is 1. The largest absolute Gasteiger partial charge is 0.446 e. The molecule has 110 valence electrons. The predicted octanol–water partition coefficient (Wildman–Crippen LogP) is 2.94. The normalized spacial score (nSPS) is 10.5. The second-order valence-electron chi connectivity index (χ2n) is 4.72. The number of benzene rings is 1. The van der Waals surface area contributed by atoms with Gasteiger partial charge in [0.05, 0.1) is 10.6 Å². The number of ketones is 1. The van der Waals surface area contributed by atoms with Crippen LogP contribution in [0.5, 0.6) is 11.5 Å². The van der Waals surface area contributed by atoms with E-state index in [9.17, 15) is 14.9 Å². The Morgan fingerprint density at radius 1 is 1.38 bits per heavy atom. The van der Waals surface area contributed by atoms with Gasteiger partial charge in [-0.05, 0) is 32.9 Å². The Morgan fingerprint density at radius 3 is 2.52 bits per heavy atom. The zero-order chi connectivity index (χ0) is 15.7. The topological polar surface area (TPSA) is 87.3 Å². The number of carbonyl (C=O) groups excluding carboxylic acids is 1. The minimum Gasteiger partial charge on any atom is -0.446 e. The molecule has 0 bridgehead atoms. The molecule has 0 radical (unpaired) electrons. The van der Waals surface area contributed by atoms with E-state index in [-0.39, 0.29) is 22.8 Å². The van der Waals surface area contributed by atoms with Crippen molar-refractivity contribution in [3.05, 3.63) is 45.3 Å². The lowest BCUT2D eigenvalue weighted by Crippen LogP contribution is -1.99. The van der Waals surface area contributed by atoms with Crippen molar-refractivity contribution in [2.45, 2.75) is 20.8 Å². The first-order valence-electron chi connectivity index (χ1n) is 6.28. The third kappa shape index (κ3) is 2.76. The van der Waals surface area contributed by atoms with Crippen LogP contribution in [0.25, 0.3) is 0 Å². The maximum absolute atomic E-state index is 11.3. The number of aromatic nitrogens is 2. The molecule has 0 amide bonds. The van der Waals surface area contributed by atoms with Gasteiger partial charge >= 0.3 is 5.69 Å². The summed E-state index contributed by atoms with van der Waals surface area (Å²) >= 11 is 0. The van der Waals surface area contributed by atoms with Crippen molar-refractivity contribution < 1.29 is 14.5 Å². The van der Waals surface area contributed by atoms with Gasteiger partial charge < -0.3 is 4.74 Å². The van der Waals surface area contributed by atoms with Crippen molar-refractivity contribution in [2.24, 2.45) is 7.05 Å². The zero-order valence-corrected chi connectivity index (χ0v) is 12.2. The number of rotatable bonds is 4. The number of nitro groups is 1. The highest BCUT2D eigenvalue weighted by Gasteiger charge is 2.21. The van der Waals surface area contributed by atoms with Crippen LogP contribution in [0.2, 0.25) is 0 Å². The second-order valence-corrected chi connectivity index (χ2v) is 4.72. The summed E-state index contributed by atoms with van der Waals surface area (Å²) in [6.45, 7) is 4.93. The van der Waals surface area contributed by atoms with Crippen molar-refractivity contribution >= 4 is 11.5 Å². The quantitative estimate of drug-likeness (QED) is 0.490. The van der Waals surface area contributed by atoms with Gasteiger partial charge in [0, 0.05) is 18.7 Å². The van der Waals surface area contributed by atoms with Crippen LogP contribution in [0.3, 0.4) is 0 Å². The number of hydrogen-bond acceptors (Lipinski definition) is 5. The molecule has 0 fully saturated rings. The lowest BCUT2D eigenvalue weighted by Gasteiger charge is -2.07. The van der Waals surface area contributed by atoms with E-state index in [1.165, 1.54) is 25.1 Å². The minimum absolute atomic E-state index is 0.0872. The van der Waals surface area contributed by atoms with E-state index >= 15 is 0 Å². The van der Waals surface area contributed by atoms with Gasteiger partial charge in [0.25, 0.3) is 0 Å². The van der Waals surface area contributed by atoms with E-state index in [1.807, 2.05) is 6.92 Å². The van der Waals surface area contributed by atoms with Crippen LogP contribution >= 0.6 is 0 Å². The molecule has 1 heterocycles. The fourth-order valence-corrected chi connectivity index (χ4v) is 1.98. The maximum Gasteiger partial charge on any atom is 0.312 e. The van der Waals surface area contributed by atoms with E-state index in [1.54, 1.807) is 18.7 Å². The van der Waals surface area contributed by atoms with Crippen molar-refractivity contribution in [1.82, 2.24) is 9.78 Å². The van der Waals surface area contributed by atoms with Gasteiger partial charge in [-0.2, -0.15) is 5.10 Å². The van der Waals surface area contributed by atoms with Gasteiger partial charge in [-0.1, -0.05) is 0 Å². The van der Waals surface area contributed by atoms with Gasteiger partial charge in [-0.25, -0.2) is 0 Å². The molecule has 21 heavy (non-hydrogen) atoms. The van der Waals surface area contributed by atoms with Crippen molar-refractivity contribution in [2.75, 3.05) is 0 Å². The van der Waals surface area contributed by atoms with Crippen molar-refractivity contribution in [1.29, 1.82) is 0 Å². The molecule has 7 heteroatoms. The molecule has 0 saturated heterocycles. The summed E-state index contributed by atoms with van der Waals surface area (Å²) in [4.78, 5) is 21.9. The minimum atomic E-state index is -0.567. The first kappa shape index (κ1) is 14.7. The smallest absolute Gasteiger partial charge is 0.312 e. The van der Waals surface area contributed by atoms with Crippen molar-refractivity contribution in [3.63, 3.8) is 0 Å². The molecule has 0 aliphatic carbocycles. The summed E-state index contributed by atoms with van der Waals surface area (Å²) in [5.41, 5.74) is 1.43. The number of carbonyl (C=O) groups is 1. The predicted molar refractivity (Wildman–Crippen MR) is 75.9 cm³/mol. The molecule has 2 aromatic rings. The first-order chi connectivity index (χ1) is 9.81. The summed E-state index contributed by atoms with van der Waals surface area (Å²) < 4.78 is 7.29. The van der Waals surface area contributed by atoms with Gasteiger partial charge in [0.1, 0.15) is 5.69 Å². The molecule has 0 N–H and O–H groups in total. The van der Waals surface area contributed by atoms with Gasteiger partial charge in [0.15, 0.2) is 11.5 Å². The molecule has 7 nitrogen and oxygen atoms in total. The number of Topliss-reactive ketones (excluding diaryl/α,β-unsaturated/α-hetero) is 1. The molecule has 0 aliphatic heterocycles. The highest BCUT2D eigenvalue weighted by Crippen LogP contribution is 2.35. The van der Waals surface area contributed by atoms with Crippen LogP contribution in [0.4, 0.5) is 5.69 Å². The summed E-state index contributed by atoms with van der Waals surface area (Å²) in [6.07, 6.45) is 0. The molecule has 0 spiro atoms. The molecule has 0 unspecified atom stereocenters. The summed E-state index contributed by atoms with van der Waals surface area (Å²) in [5.74, 6) is 0.332. The third-order valence-corrected chi connectivity index (χ3v) is 3.22. The Balaban J connectivity index is 2.49. The van der Waals surface area contributed by atoms with Gasteiger partial charge in [-0.3, -0.25) is 19.6 Å². The molecule has 1 aromatic carbocycles. The zero-order valence-electron chi connectivity index (χ0n) is 12.2. The average molecular weight is 289 g/mol. The van der Waals surface area contributed by atoms with Crippen molar-refractivity contribution in [3.8, 4) is 11.5 Å². The standard InChI is InChI=1S/C14H15N3O4/c1-8-14(9(2)16(4)15-8)21-13-6-5-11(10(3)18)7-12(13)17(19)20/h5-7H,1-4H3. The molecule has 2 rings (SSSR count). The Labute approximate surface area is 121 Å². The van der Waals surface area contributed by atoms with E-state index in [2.05, 4.69) is 5.10 Å². The van der Waals surface area contributed by atoms with E-state index in [0.717, 1.165) is 5.69 Å². The molecule has 0 atom stereocenters. The van der Waals surface area contributed by atoms with Crippen LogP contribution in [0, 0.1) is 24.0 Å². The number of hydrogen-bond donors (Lipinski definition) is 0. The molecule has 0 aliphatic rings. The highest BCUT2D eigenvalue weighted by molar-refractivity contribution is 5.95. The first-order valence-corrected chi connectivity index (χ1v) is 6.28. The fraction of sp³-hybridized carbons (Fsp3) is 0.286. The van der Waals surface area contributed by atoms with Crippen LogP contribution in [-0.2, 0) is 7.05 Å². The lowest BCUT2D eigenvalue weighted by atomic mass is 10.1. The van der Waals surface area contributed by atoms with E-state index < -0.39 is 4.92 Å². The number of aryl methyl sites for hydroxylation is 2. The molecule has 1 aromatic heterocycles. The van der Waals surface area contributed by atoms with Gasteiger partial charge in [0.2, 0.25) is 5.75 Å². The monoisotopic (exact) mass is 289 g/mol. The third-order valence-electron chi connectivity index (χ3n) is 3.22. The Bertz CT molecular complexity index is 734. The van der Waals surface area contributed by atoms with E-state index in [0.29, 0.717) is 11.4 Å². The van der Waals surface area contributed by atoms with Crippen LogP contribution in [0.1, 0.15) is 28.7 Å². The number of nitrogens with zero attached hydrogens (tertiary/aromatic N) is 3. The Morgan fingerprint density at radius 2 is 2.05 bits per heavy atom. The summed E-state index contributed by atoms with van der Waals surface area (Å²) in [7, 11) is 1.77. The fourth-order valence-electron chi connectivity index (χ4n) is 1.98. The van der Waals surface area contributed by atoms with Crippen LogP contribution in [0.15, 0.2) is 18.2 Å². The Hall–Kier alpha value is -2.70. The SMILES string of the molecule is CC(=O)c1ccc(Oc2c(C)nn(C)c2C)c([N+](=O)[O-])c1. The maximum atomic E-state index is 11.3. The average Bonchev–Trinajstić information content (AvgIpc) is 2.65. The molecular formula is C14H15N3O4. The second kappa shape index (κ2) is 5.35. The van der Waals surface area contributed by atoms with Crippen LogP contribution < -0.4 is 4.74 Å².